The van der Waals surface area contributed by atoms with Gasteiger partial charge in [-0.15, -0.1) is 0 Å². The number of hydrogen-bond donors (Lipinski definition) is 0. The number of nitrogens with zero attached hydrogens (tertiary/aromatic N) is 2. The van der Waals surface area contributed by atoms with Crippen LogP contribution < -0.4 is 0 Å². The standard InChI is InChI=1S/C21H30N2O4/c1-15-10-16(13-22-8-4-6-18(22)20(24)26-2)12-17(11-15)14-23-9-5-7-19(23)21(25)27-3/h10-12,18-19H,4-9,13-14H2,1-3H3/t18-,19-/m0/s1. The molecule has 0 spiro atoms. The summed E-state index contributed by atoms with van der Waals surface area (Å²) in [5.74, 6) is -0.281. The van der Waals surface area contributed by atoms with Gasteiger partial charge in [0.2, 0.25) is 0 Å². The van der Waals surface area contributed by atoms with E-state index in [4.69, 9.17) is 9.47 Å². The Balaban J connectivity index is 1.71. The van der Waals surface area contributed by atoms with Gasteiger partial charge in [-0.25, -0.2) is 0 Å². The van der Waals surface area contributed by atoms with E-state index in [0.717, 1.165) is 51.9 Å². The van der Waals surface area contributed by atoms with Crippen molar-refractivity contribution < 1.29 is 19.1 Å². The van der Waals surface area contributed by atoms with Crippen LogP contribution in [0.1, 0.15) is 42.4 Å². The van der Waals surface area contributed by atoms with Crippen molar-refractivity contribution in [2.45, 2.75) is 57.8 Å². The maximum absolute atomic E-state index is 12.0. The maximum atomic E-state index is 12.0. The van der Waals surface area contributed by atoms with Gasteiger partial charge in [-0.05, 0) is 56.8 Å². The fraction of sp³-hybridized carbons (Fsp3) is 0.619. The third kappa shape index (κ3) is 4.68. The molecule has 2 atom stereocenters. The van der Waals surface area contributed by atoms with Crippen molar-refractivity contribution in [3.63, 3.8) is 0 Å². The molecule has 0 saturated carbocycles. The molecule has 0 radical (unpaired) electrons. The van der Waals surface area contributed by atoms with Gasteiger partial charge in [-0.2, -0.15) is 0 Å². The Hall–Kier alpha value is -1.92. The van der Waals surface area contributed by atoms with Crippen molar-refractivity contribution in [3.8, 4) is 0 Å². The fourth-order valence-electron chi connectivity index (χ4n) is 4.44. The molecule has 0 bridgehead atoms. The zero-order valence-corrected chi connectivity index (χ0v) is 16.6. The van der Waals surface area contributed by atoms with E-state index in [1.54, 1.807) is 0 Å². The van der Waals surface area contributed by atoms with Crippen molar-refractivity contribution in [3.05, 3.63) is 34.9 Å². The van der Waals surface area contributed by atoms with Gasteiger partial charge in [0.25, 0.3) is 0 Å². The normalized spacial score (nSPS) is 23.5. The minimum absolute atomic E-state index is 0.138. The second kappa shape index (κ2) is 8.85. The van der Waals surface area contributed by atoms with E-state index in [2.05, 4.69) is 34.9 Å². The summed E-state index contributed by atoms with van der Waals surface area (Å²) in [6.45, 7) is 5.42. The first kappa shape index (κ1) is 19.8. The fourth-order valence-corrected chi connectivity index (χ4v) is 4.44. The van der Waals surface area contributed by atoms with E-state index in [9.17, 15) is 9.59 Å². The predicted octanol–water partition coefficient (Wildman–Crippen LogP) is 2.27. The number of hydrogen-bond acceptors (Lipinski definition) is 6. The highest BCUT2D eigenvalue weighted by Crippen LogP contribution is 2.25. The lowest BCUT2D eigenvalue weighted by atomic mass is 10.0. The minimum Gasteiger partial charge on any atom is -0.468 e. The number of esters is 2. The lowest BCUT2D eigenvalue weighted by Crippen LogP contribution is -2.37. The monoisotopic (exact) mass is 374 g/mol. The minimum atomic E-state index is -0.140. The summed E-state index contributed by atoms with van der Waals surface area (Å²) in [7, 11) is 2.91. The summed E-state index contributed by atoms with van der Waals surface area (Å²) in [6, 6.07) is 6.28. The number of benzene rings is 1. The molecule has 2 heterocycles. The highest BCUT2D eigenvalue weighted by molar-refractivity contribution is 5.76. The molecular formula is C21H30N2O4. The van der Waals surface area contributed by atoms with Crippen LogP contribution in [0.2, 0.25) is 0 Å². The number of methoxy groups -OCH3 is 2. The Morgan fingerprint density at radius 3 is 1.74 bits per heavy atom. The Bertz CT molecular complexity index is 637. The SMILES string of the molecule is COC(=O)[C@@H]1CCCN1Cc1cc(C)cc(CN2CCC[C@H]2C(=O)OC)c1. The second-order valence-corrected chi connectivity index (χ2v) is 7.63. The Morgan fingerprint density at radius 2 is 1.33 bits per heavy atom. The van der Waals surface area contributed by atoms with E-state index in [0.29, 0.717) is 0 Å². The Kier molecular flexibility index (Phi) is 6.50. The Labute approximate surface area is 161 Å². The van der Waals surface area contributed by atoms with Gasteiger partial charge in [-0.3, -0.25) is 19.4 Å². The number of aryl methyl sites for hydroxylation is 1. The van der Waals surface area contributed by atoms with Crippen LogP contribution >= 0.6 is 0 Å². The quantitative estimate of drug-likeness (QED) is 0.712. The smallest absolute Gasteiger partial charge is 0.323 e. The molecule has 6 heteroatoms. The molecule has 148 valence electrons. The molecule has 6 nitrogen and oxygen atoms in total. The van der Waals surface area contributed by atoms with E-state index in [1.165, 1.54) is 30.9 Å². The van der Waals surface area contributed by atoms with Crippen molar-refractivity contribution >= 4 is 11.9 Å². The van der Waals surface area contributed by atoms with Crippen LogP contribution in [0.25, 0.3) is 0 Å². The van der Waals surface area contributed by atoms with Crippen LogP contribution in [0.3, 0.4) is 0 Å². The Morgan fingerprint density at radius 1 is 0.889 bits per heavy atom. The number of rotatable bonds is 6. The van der Waals surface area contributed by atoms with Crippen molar-refractivity contribution in [1.82, 2.24) is 9.80 Å². The molecule has 1 aromatic carbocycles. The van der Waals surface area contributed by atoms with E-state index >= 15 is 0 Å². The van der Waals surface area contributed by atoms with Crippen molar-refractivity contribution in [1.29, 1.82) is 0 Å². The molecule has 27 heavy (non-hydrogen) atoms. The van der Waals surface area contributed by atoms with Crippen molar-refractivity contribution in [2.75, 3.05) is 27.3 Å². The van der Waals surface area contributed by atoms with Gasteiger partial charge < -0.3 is 9.47 Å². The van der Waals surface area contributed by atoms with Crippen LogP contribution in [0.4, 0.5) is 0 Å². The average Bonchev–Trinajstić information content (AvgIpc) is 3.29. The van der Waals surface area contributed by atoms with E-state index in [-0.39, 0.29) is 24.0 Å². The summed E-state index contributed by atoms with van der Waals surface area (Å²) < 4.78 is 9.90. The molecule has 0 amide bonds. The molecule has 0 unspecified atom stereocenters. The molecular weight excluding hydrogens is 344 g/mol. The highest BCUT2D eigenvalue weighted by atomic mass is 16.5. The summed E-state index contributed by atoms with van der Waals surface area (Å²) >= 11 is 0. The molecule has 0 aromatic heterocycles. The van der Waals surface area contributed by atoms with Gasteiger partial charge in [-0.1, -0.05) is 23.8 Å². The van der Waals surface area contributed by atoms with Crippen LogP contribution in [0.5, 0.6) is 0 Å². The van der Waals surface area contributed by atoms with Gasteiger partial charge in [0.15, 0.2) is 0 Å². The van der Waals surface area contributed by atoms with E-state index in [1.807, 2.05) is 0 Å². The largest absolute Gasteiger partial charge is 0.468 e. The van der Waals surface area contributed by atoms with Crippen LogP contribution in [0.15, 0.2) is 18.2 Å². The zero-order chi connectivity index (χ0) is 19.4. The summed E-state index contributed by atoms with van der Waals surface area (Å²) in [5, 5.41) is 0. The van der Waals surface area contributed by atoms with Gasteiger partial charge >= 0.3 is 11.9 Å². The lowest BCUT2D eigenvalue weighted by molar-refractivity contribution is -0.146. The van der Waals surface area contributed by atoms with E-state index < -0.39 is 0 Å². The first-order chi connectivity index (χ1) is 13.0. The predicted molar refractivity (Wildman–Crippen MR) is 102 cm³/mol. The third-order valence-electron chi connectivity index (χ3n) is 5.64. The number of ether oxygens (including phenoxy) is 2. The molecule has 3 rings (SSSR count). The van der Waals surface area contributed by atoms with Crippen LogP contribution in [0, 0.1) is 6.92 Å². The first-order valence-corrected chi connectivity index (χ1v) is 9.75. The summed E-state index contributed by atoms with van der Waals surface area (Å²) in [4.78, 5) is 28.4. The van der Waals surface area contributed by atoms with Crippen LogP contribution in [-0.2, 0) is 32.2 Å². The van der Waals surface area contributed by atoms with Gasteiger partial charge in [0.05, 0.1) is 14.2 Å². The lowest BCUT2D eigenvalue weighted by Gasteiger charge is -2.24. The second-order valence-electron chi connectivity index (χ2n) is 7.63. The van der Waals surface area contributed by atoms with Gasteiger partial charge in [0.1, 0.15) is 12.1 Å². The molecule has 2 aliphatic rings. The zero-order valence-electron chi connectivity index (χ0n) is 16.6. The molecule has 1 aromatic rings. The molecule has 2 saturated heterocycles. The van der Waals surface area contributed by atoms with Crippen molar-refractivity contribution in [2.24, 2.45) is 0 Å². The molecule has 2 fully saturated rings. The maximum Gasteiger partial charge on any atom is 0.323 e. The average molecular weight is 374 g/mol. The van der Waals surface area contributed by atoms with Crippen LogP contribution in [-0.4, -0.2) is 61.1 Å². The highest BCUT2D eigenvalue weighted by Gasteiger charge is 2.32. The topological polar surface area (TPSA) is 59.1 Å². The molecule has 2 aliphatic heterocycles. The third-order valence-corrected chi connectivity index (χ3v) is 5.64. The van der Waals surface area contributed by atoms with Gasteiger partial charge in [0, 0.05) is 13.1 Å². The summed E-state index contributed by atoms with van der Waals surface area (Å²) in [6.07, 6.45) is 3.76. The summed E-state index contributed by atoms with van der Waals surface area (Å²) in [5.41, 5.74) is 3.61. The molecule has 0 aliphatic carbocycles. The molecule has 0 N–H and O–H groups in total. The number of likely N-dealkylation sites (tertiary alicyclic amines) is 2. The number of carbonyl (C=O) groups excluding carboxylic acids is 2. The first-order valence-electron chi connectivity index (χ1n) is 9.75. The number of carbonyl (C=O) groups is 2.